The summed E-state index contributed by atoms with van der Waals surface area (Å²) in [5, 5.41) is 12.5. The number of aliphatic carboxylic acids is 1. The molecule has 15 heavy (non-hydrogen) atoms. The van der Waals surface area contributed by atoms with Gasteiger partial charge in [-0.15, -0.1) is 0 Å². The summed E-state index contributed by atoms with van der Waals surface area (Å²) in [6, 6.07) is 0. The first kappa shape index (κ1) is 12.5. The highest BCUT2D eigenvalue weighted by Crippen LogP contribution is 2.33. The fourth-order valence-electron chi connectivity index (χ4n) is 2.41. The lowest BCUT2D eigenvalue weighted by Crippen LogP contribution is -2.54. The van der Waals surface area contributed by atoms with E-state index in [1.807, 2.05) is 0 Å². The highest BCUT2D eigenvalue weighted by atomic mass is 16.4. The minimum absolute atomic E-state index is 0.623. The molecule has 1 aliphatic carbocycles. The molecule has 0 amide bonds. The van der Waals surface area contributed by atoms with Gasteiger partial charge in [0, 0.05) is 0 Å². The lowest BCUT2D eigenvalue weighted by atomic mass is 9.75. The van der Waals surface area contributed by atoms with Gasteiger partial charge in [-0.05, 0) is 44.6 Å². The van der Waals surface area contributed by atoms with Crippen molar-refractivity contribution in [1.82, 2.24) is 5.32 Å². The molecule has 0 aromatic rings. The summed E-state index contributed by atoms with van der Waals surface area (Å²) in [6.45, 7) is 5.07. The molecule has 0 heterocycles. The Morgan fingerprint density at radius 3 is 2.40 bits per heavy atom. The van der Waals surface area contributed by atoms with Crippen LogP contribution < -0.4 is 5.32 Å². The van der Waals surface area contributed by atoms with E-state index in [1.54, 1.807) is 0 Å². The number of hydrogen-bond donors (Lipinski definition) is 2. The van der Waals surface area contributed by atoms with Crippen LogP contribution in [0.3, 0.4) is 0 Å². The molecule has 0 spiro atoms. The fraction of sp³-hybridized carbons (Fsp3) is 0.917. The number of carbonyl (C=O) groups is 1. The van der Waals surface area contributed by atoms with Crippen LogP contribution in [0.2, 0.25) is 0 Å². The van der Waals surface area contributed by atoms with E-state index in [0.29, 0.717) is 0 Å². The van der Waals surface area contributed by atoms with E-state index < -0.39 is 11.5 Å². The van der Waals surface area contributed by atoms with Crippen molar-refractivity contribution < 1.29 is 9.90 Å². The van der Waals surface area contributed by atoms with Crippen LogP contribution in [0.25, 0.3) is 0 Å². The van der Waals surface area contributed by atoms with Crippen LogP contribution >= 0.6 is 0 Å². The van der Waals surface area contributed by atoms with Crippen molar-refractivity contribution in [3.8, 4) is 0 Å². The zero-order chi connectivity index (χ0) is 11.3. The highest BCUT2D eigenvalue weighted by Gasteiger charge is 2.40. The molecule has 0 aliphatic heterocycles. The second-order valence-electron chi connectivity index (χ2n) is 4.67. The van der Waals surface area contributed by atoms with Crippen LogP contribution in [0, 0.1) is 5.92 Å². The van der Waals surface area contributed by atoms with Crippen molar-refractivity contribution in [2.24, 2.45) is 5.92 Å². The van der Waals surface area contributed by atoms with E-state index in [0.717, 1.165) is 44.6 Å². The molecule has 1 fully saturated rings. The molecule has 0 saturated heterocycles. The van der Waals surface area contributed by atoms with Gasteiger partial charge in [0.2, 0.25) is 0 Å². The molecule has 88 valence electrons. The topological polar surface area (TPSA) is 49.3 Å². The van der Waals surface area contributed by atoms with Crippen molar-refractivity contribution >= 4 is 5.97 Å². The van der Waals surface area contributed by atoms with Crippen LogP contribution in [0.15, 0.2) is 0 Å². The summed E-state index contributed by atoms with van der Waals surface area (Å²) in [5.74, 6) is 0.0754. The predicted octanol–water partition coefficient (Wildman–Crippen LogP) is 2.41. The summed E-state index contributed by atoms with van der Waals surface area (Å²) in [7, 11) is 0. The van der Waals surface area contributed by atoms with Crippen LogP contribution in [-0.2, 0) is 4.79 Å². The second kappa shape index (κ2) is 5.50. The van der Waals surface area contributed by atoms with Crippen LogP contribution in [0.1, 0.15) is 52.4 Å². The maximum absolute atomic E-state index is 11.3. The fourth-order valence-corrected chi connectivity index (χ4v) is 2.41. The van der Waals surface area contributed by atoms with Crippen LogP contribution in [-0.4, -0.2) is 23.2 Å². The van der Waals surface area contributed by atoms with Crippen molar-refractivity contribution in [3.05, 3.63) is 0 Å². The first-order chi connectivity index (χ1) is 7.14. The Kier molecular flexibility index (Phi) is 4.58. The summed E-state index contributed by atoms with van der Waals surface area (Å²) in [5.41, 5.74) is -0.623. The number of carboxylic acids is 1. The van der Waals surface area contributed by atoms with Gasteiger partial charge in [0.05, 0.1) is 0 Å². The van der Waals surface area contributed by atoms with Crippen molar-refractivity contribution in [2.45, 2.75) is 57.9 Å². The van der Waals surface area contributed by atoms with E-state index in [2.05, 4.69) is 19.2 Å². The van der Waals surface area contributed by atoms with Gasteiger partial charge in [-0.3, -0.25) is 4.79 Å². The third-order valence-electron chi connectivity index (χ3n) is 3.66. The molecule has 0 unspecified atom stereocenters. The molecule has 0 aromatic carbocycles. The number of rotatable bonds is 5. The third-order valence-corrected chi connectivity index (χ3v) is 3.66. The van der Waals surface area contributed by atoms with Gasteiger partial charge in [0.15, 0.2) is 0 Å². The molecule has 3 nitrogen and oxygen atoms in total. The Morgan fingerprint density at radius 2 is 2.00 bits per heavy atom. The zero-order valence-corrected chi connectivity index (χ0v) is 9.88. The average Bonchev–Trinajstić information content (AvgIpc) is 2.27. The summed E-state index contributed by atoms with van der Waals surface area (Å²) < 4.78 is 0. The zero-order valence-electron chi connectivity index (χ0n) is 9.88. The average molecular weight is 213 g/mol. The van der Waals surface area contributed by atoms with E-state index >= 15 is 0 Å². The largest absolute Gasteiger partial charge is 0.480 e. The first-order valence-electron chi connectivity index (χ1n) is 6.13. The van der Waals surface area contributed by atoms with E-state index in [-0.39, 0.29) is 0 Å². The minimum atomic E-state index is -0.662. The Balaban J connectivity index is 2.56. The van der Waals surface area contributed by atoms with Crippen LogP contribution in [0.4, 0.5) is 0 Å². The Morgan fingerprint density at radius 1 is 1.40 bits per heavy atom. The monoisotopic (exact) mass is 213 g/mol. The highest BCUT2D eigenvalue weighted by molar-refractivity contribution is 5.78. The number of hydrogen-bond acceptors (Lipinski definition) is 2. The molecule has 1 aliphatic rings. The number of nitrogens with one attached hydrogen (secondary N) is 1. The normalized spacial score (nSPS) is 31.5. The van der Waals surface area contributed by atoms with Gasteiger partial charge in [-0.2, -0.15) is 0 Å². The third kappa shape index (κ3) is 2.94. The molecule has 3 heteroatoms. The molecular formula is C12H23NO2. The second-order valence-corrected chi connectivity index (χ2v) is 4.67. The Bertz CT molecular complexity index is 208. The van der Waals surface area contributed by atoms with Gasteiger partial charge in [0.1, 0.15) is 5.54 Å². The Labute approximate surface area is 92.3 Å². The smallest absolute Gasteiger partial charge is 0.323 e. The molecule has 0 bridgehead atoms. The molecule has 2 N–H and O–H groups in total. The van der Waals surface area contributed by atoms with E-state index in [4.69, 9.17) is 0 Å². The predicted molar refractivity (Wildman–Crippen MR) is 60.9 cm³/mol. The molecule has 1 rings (SSSR count). The molecule has 0 radical (unpaired) electrons. The lowest BCUT2D eigenvalue weighted by Gasteiger charge is -2.37. The van der Waals surface area contributed by atoms with Gasteiger partial charge >= 0.3 is 5.97 Å². The van der Waals surface area contributed by atoms with E-state index in [9.17, 15) is 9.90 Å². The van der Waals surface area contributed by atoms with E-state index in [1.165, 1.54) is 6.42 Å². The van der Waals surface area contributed by atoms with Gasteiger partial charge in [-0.1, -0.05) is 20.3 Å². The summed E-state index contributed by atoms with van der Waals surface area (Å²) in [4.78, 5) is 11.3. The quantitative estimate of drug-likeness (QED) is 0.737. The number of carboxylic acid groups (broad SMARTS) is 1. The molecule has 1 saturated carbocycles. The minimum Gasteiger partial charge on any atom is -0.480 e. The van der Waals surface area contributed by atoms with Crippen LogP contribution in [0.5, 0.6) is 0 Å². The lowest BCUT2D eigenvalue weighted by molar-refractivity contribution is -0.146. The molecular weight excluding hydrogens is 190 g/mol. The standard InChI is InChI=1S/C12H23NO2/c1-3-9-13-12(11(14)15)7-5-10(4-2)6-8-12/h10,13H,3-9H2,1-2H3,(H,14,15). The summed E-state index contributed by atoms with van der Waals surface area (Å²) in [6.07, 6.45) is 5.87. The van der Waals surface area contributed by atoms with Crippen molar-refractivity contribution in [1.29, 1.82) is 0 Å². The van der Waals surface area contributed by atoms with Crippen molar-refractivity contribution in [2.75, 3.05) is 6.54 Å². The van der Waals surface area contributed by atoms with Gasteiger partial charge < -0.3 is 10.4 Å². The maximum atomic E-state index is 11.3. The SMILES string of the molecule is CCCNC1(C(=O)O)CCC(CC)CC1. The summed E-state index contributed by atoms with van der Waals surface area (Å²) >= 11 is 0. The first-order valence-corrected chi connectivity index (χ1v) is 6.13. The molecule has 0 atom stereocenters. The Hall–Kier alpha value is -0.570. The maximum Gasteiger partial charge on any atom is 0.323 e. The van der Waals surface area contributed by atoms with Crippen molar-refractivity contribution in [3.63, 3.8) is 0 Å². The van der Waals surface area contributed by atoms with Gasteiger partial charge in [0.25, 0.3) is 0 Å². The van der Waals surface area contributed by atoms with Gasteiger partial charge in [-0.25, -0.2) is 0 Å². The molecule has 0 aromatic heterocycles.